The van der Waals surface area contributed by atoms with E-state index in [0.29, 0.717) is 5.92 Å². The van der Waals surface area contributed by atoms with E-state index in [4.69, 9.17) is 5.73 Å². The van der Waals surface area contributed by atoms with Gasteiger partial charge in [-0.25, -0.2) is 0 Å². The van der Waals surface area contributed by atoms with Crippen LogP contribution in [0.5, 0.6) is 0 Å². The standard InChI is InChI=1S/C12H21N3/c1-8(2)9-10(12(3)6-5-7-12)14-15(4)11(9)13/h8H,5-7,13H2,1-4H3. The van der Waals surface area contributed by atoms with Crippen LogP contribution in [0.25, 0.3) is 0 Å². The number of nitrogens with zero attached hydrogens (tertiary/aromatic N) is 2. The molecule has 1 aliphatic carbocycles. The van der Waals surface area contributed by atoms with E-state index in [1.54, 1.807) is 0 Å². The van der Waals surface area contributed by atoms with Gasteiger partial charge in [-0.2, -0.15) is 5.10 Å². The monoisotopic (exact) mass is 207 g/mol. The predicted molar refractivity (Wildman–Crippen MR) is 62.9 cm³/mol. The molecule has 0 amide bonds. The van der Waals surface area contributed by atoms with E-state index in [1.807, 2.05) is 11.7 Å². The van der Waals surface area contributed by atoms with Crippen molar-refractivity contribution in [2.75, 3.05) is 5.73 Å². The molecule has 1 fully saturated rings. The molecule has 1 aromatic rings. The summed E-state index contributed by atoms with van der Waals surface area (Å²) in [6.45, 7) is 6.70. The van der Waals surface area contributed by atoms with E-state index in [9.17, 15) is 0 Å². The van der Waals surface area contributed by atoms with Crippen molar-refractivity contribution in [3.05, 3.63) is 11.3 Å². The van der Waals surface area contributed by atoms with Crippen LogP contribution >= 0.6 is 0 Å². The summed E-state index contributed by atoms with van der Waals surface area (Å²) in [6, 6.07) is 0. The highest BCUT2D eigenvalue weighted by Crippen LogP contribution is 2.46. The van der Waals surface area contributed by atoms with E-state index < -0.39 is 0 Å². The highest BCUT2D eigenvalue weighted by atomic mass is 15.3. The third kappa shape index (κ3) is 1.45. The Kier molecular flexibility index (Phi) is 2.28. The zero-order valence-electron chi connectivity index (χ0n) is 10.2. The molecule has 1 aromatic heterocycles. The Hall–Kier alpha value is -0.990. The van der Waals surface area contributed by atoms with Crippen LogP contribution in [0.15, 0.2) is 0 Å². The van der Waals surface area contributed by atoms with Gasteiger partial charge < -0.3 is 5.73 Å². The average molecular weight is 207 g/mol. The molecule has 0 unspecified atom stereocenters. The Balaban J connectivity index is 2.51. The van der Waals surface area contributed by atoms with E-state index in [2.05, 4.69) is 25.9 Å². The third-order valence-electron chi connectivity index (χ3n) is 3.74. The first kappa shape index (κ1) is 10.5. The molecule has 15 heavy (non-hydrogen) atoms. The minimum absolute atomic E-state index is 0.287. The number of anilines is 1. The maximum Gasteiger partial charge on any atom is 0.125 e. The maximum atomic E-state index is 6.08. The van der Waals surface area contributed by atoms with Gasteiger partial charge in [0.25, 0.3) is 0 Å². The summed E-state index contributed by atoms with van der Waals surface area (Å²) in [6.07, 6.45) is 3.83. The molecule has 2 N–H and O–H groups in total. The van der Waals surface area contributed by atoms with Crippen LogP contribution in [0, 0.1) is 0 Å². The highest BCUT2D eigenvalue weighted by molar-refractivity contribution is 5.48. The lowest BCUT2D eigenvalue weighted by atomic mass is 9.66. The summed E-state index contributed by atoms with van der Waals surface area (Å²) in [5.41, 5.74) is 8.87. The van der Waals surface area contributed by atoms with Gasteiger partial charge >= 0.3 is 0 Å². The first-order valence-electron chi connectivity index (χ1n) is 5.78. The van der Waals surface area contributed by atoms with Crippen molar-refractivity contribution in [1.82, 2.24) is 9.78 Å². The van der Waals surface area contributed by atoms with Crippen molar-refractivity contribution in [1.29, 1.82) is 0 Å². The van der Waals surface area contributed by atoms with Crippen LogP contribution in [0.2, 0.25) is 0 Å². The van der Waals surface area contributed by atoms with E-state index in [-0.39, 0.29) is 5.41 Å². The van der Waals surface area contributed by atoms with Gasteiger partial charge in [-0.05, 0) is 18.8 Å². The molecule has 1 saturated carbocycles. The third-order valence-corrected chi connectivity index (χ3v) is 3.74. The maximum absolute atomic E-state index is 6.08. The molecular formula is C12H21N3. The largest absolute Gasteiger partial charge is 0.384 e. The Bertz CT molecular complexity index is 372. The van der Waals surface area contributed by atoms with Gasteiger partial charge in [-0.1, -0.05) is 27.2 Å². The van der Waals surface area contributed by atoms with Crippen molar-refractivity contribution >= 4 is 5.82 Å². The molecule has 1 heterocycles. The van der Waals surface area contributed by atoms with Gasteiger partial charge in [0.15, 0.2) is 0 Å². The van der Waals surface area contributed by atoms with Gasteiger partial charge in [0.05, 0.1) is 5.69 Å². The summed E-state index contributed by atoms with van der Waals surface area (Å²) in [7, 11) is 1.94. The number of hydrogen-bond donors (Lipinski definition) is 1. The molecule has 84 valence electrons. The average Bonchev–Trinajstić information content (AvgIpc) is 2.39. The lowest BCUT2D eigenvalue weighted by molar-refractivity contribution is 0.260. The number of aromatic nitrogens is 2. The predicted octanol–water partition coefficient (Wildman–Crippen LogP) is 2.57. The molecule has 3 heteroatoms. The van der Waals surface area contributed by atoms with Crippen LogP contribution in [0.4, 0.5) is 5.82 Å². The fourth-order valence-corrected chi connectivity index (χ4v) is 2.51. The molecule has 0 radical (unpaired) electrons. The van der Waals surface area contributed by atoms with Crippen molar-refractivity contribution in [3.63, 3.8) is 0 Å². The Morgan fingerprint density at radius 3 is 2.40 bits per heavy atom. The second kappa shape index (κ2) is 3.26. The summed E-state index contributed by atoms with van der Waals surface area (Å²) in [4.78, 5) is 0. The molecule has 0 saturated heterocycles. The molecule has 3 nitrogen and oxygen atoms in total. The van der Waals surface area contributed by atoms with Crippen LogP contribution in [-0.2, 0) is 12.5 Å². The zero-order chi connectivity index (χ0) is 11.2. The topological polar surface area (TPSA) is 43.8 Å². The molecule has 0 aliphatic heterocycles. The van der Waals surface area contributed by atoms with Crippen molar-refractivity contribution in [2.45, 2.75) is 51.4 Å². The fourth-order valence-electron chi connectivity index (χ4n) is 2.51. The zero-order valence-corrected chi connectivity index (χ0v) is 10.2. The molecule has 0 aromatic carbocycles. The van der Waals surface area contributed by atoms with Gasteiger partial charge in [-0.15, -0.1) is 0 Å². The lowest BCUT2D eigenvalue weighted by Crippen LogP contribution is -2.32. The Morgan fingerprint density at radius 2 is 2.00 bits per heavy atom. The van der Waals surface area contributed by atoms with Gasteiger partial charge in [0.1, 0.15) is 5.82 Å². The second-order valence-electron chi connectivity index (χ2n) is 5.34. The smallest absolute Gasteiger partial charge is 0.125 e. The van der Waals surface area contributed by atoms with Crippen molar-refractivity contribution in [2.24, 2.45) is 7.05 Å². The summed E-state index contributed by atoms with van der Waals surface area (Å²) in [5, 5.41) is 4.62. The van der Waals surface area contributed by atoms with E-state index in [0.717, 1.165) is 5.82 Å². The van der Waals surface area contributed by atoms with E-state index in [1.165, 1.54) is 30.5 Å². The lowest BCUT2D eigenvalue weighted by Gasteiger charge is -2.38. The van der Waals surface area contributed by atoms with Gasteiger partial charge in [0, 0.05) is 18.0 Å². The van der Waals surface area contributed by atoms with Crippen LogP contribution in [0.3, 0.4) is 0 Å². The van der Waals surface area contributed by atoms with Gasteiger partial charge in [0.2, 0.25) is 0 Å². The van der Waals surface area contributed by atoms with Crippen LogP contribution in [0.1, 0.15) is 57.2 Å². The first-order chi connectivity index (χ1) is 6.96. The number of rotatable bonds is 2. The first-order valence-corrected chi connectivity index (χ1v) is 5.78. The van der Waals surface area contributed by atoms with Gasteiger partial charge in [-0.3, -0.25) is 4.68 Å². The summed E-state index contributed by atoms with van der Waals surface area (Å²) < 4.78 is 1.83. The van der Waals surface area contributed by atoms with Crippen molar-refractivity contribution < 1.29 is 0 Å². The molecule has 1 aliphatic rings. The minimum atomic E-state index is 0.287. The molecule has 2 rings (SSSR count). The number of hydrogen-bond acceptors (Lipinski definition) is 2. The summed E-state index contributed by atoms with van der Waals surface area (Å²) >= 11 is 0. The van der Waals surface area contributed by atoms with Crippen molar-refractivity contribution in [3.8, 4) is 0 Å². The highest BCUT2D eigenvalue weighted by Gasteiger charge is 2.39. The number of nitrogens with two attached hydrogens (primary N) is 1. The SMILES string of the molecule is CC(C)c1c(C2(C)CCC2)nn(C)c1N. The normalized spacial score (nSPS) is 19.3. The summed E-state index contributed by atoms with van der Waals surface area (Å²) in [5.74, 6) is 1.30. The Labute approximate surface area is 91.7 Å². The number of nitrogen functional groups attached to an aromatic ring is 1. The van der Waals surface area contributed by atoms with E-state index >= 15 is 0 Å². The fraction of sp³-hybridized carbons (Fsp3) is 0.750. The minimum Gasteiger partial charge on any atom is -0.384 e. The molecule has 0 bridgehead atoms. The van der Waals surface area contributed by atoms with Crippen LogP contribution in [-0.4, -0.2) is 9.78 Å². The molecule has 0 atom stereocenters. The Morgan fingerprint density at radius 1 is 1.40 bits per heavy atom. The molecule has 0 spiro atoms. The molecular weight excluding hydrogens is 186 g/mol. The number of aryl methyl sites for hydroxylation is 1. The van der Waals surface area contributed by atoms with Crippen LogP contribution < -0.4 is 5.73 Å². The quantitative estimate of drug-likeness (QED) is 0.810. The second-order valence-corrected chi connectivity index (χ2v) is 5.34.